The fourth-order valence-electron chi connectivity index (χ4n) is 6.63. The molecule has 2 N–H and O–H groups in total. The monoisotopic (exact) mass is 510 g/mol. The Morgan fingerprint density at radius 2 is 1.97 bits per heavy atom. The Morgan fingerprint density at radius 1 is 1.19 bits per heavy atom. The number of H-pyrrole nitrogens is 1. The van der Waals surface area contributed by atoms with Gasteiger partial charge in [0, 0.05) is 30.8 Å². The van der Waals surface area contributed by atoms with E-state index in [1.807, 2.05) is 11.8 Å². The molecule has 0 bridgehead atoms. The van der Waals surface area contributed by atoms with E-state index in [1.54, 1.807) is 12.1 Å². The zero-order chi connectivity index (χ0) is 26.2. The van der Waals surface area contributed by atoms with E-state index in [0.29, 0.717) is 23.3 Å². The molecule has 5 rings (SSSR count). The number of likely N-dealkylation sites (tertiary alicyclic amines) is 1. The first-order valence-corrected chi connectivity index (χ1v) is 14.1. The zero-order valence-corrected chi connectivity index (χ0v) is 22.0. The van der Waals surface area contributed by atoms with Crippen molar-refractivity contribution in [1.29, 1.82) is 0 Å². The van der Waals surface area contributed by atoms with E-state index in [-0.39, 0.29) is 53.8 Å². The van der Waals surface area contributed by atoms with Crippen LogP contribution in [0.25, 0.3) is 11.0 Å². The number of amides is 2. The highest BCUT2D eigenvalue weighted by Gasteiger charge is 2.51. The van der Waals surface area contributed by atoms with Crippen LogP contribution in [0, 0.1) is 17.2 Å². The summed E-state index contributed by atoms with van der Waals surface area (Å²) in [5.74, 6) is -0.615. The number of aromatic amines is 1. The standard InChI is InChI=1S/C29H39FN4O3/c1-3-20-8-4-5-13-34(20)25(36)15-23(32-28(37)19-16-29(17-19)11-7-12-29)24(35)14-18(2)27-31-22-10-6-9-21(30)26(22)33-27/h6,9-10,18-20,23H,3-5,7-8,11-17H2,1-2H3,(H,31,33)(H,32,37)/t18-,20+,23+/m1/s1. The van der Waals surface area contributed by atoms with Crippen molar-refractivity contribution in [3.05, 3.63) is 29.8 Å². The van der Waals surface area contributed by atoms with Gasteiger partial charge in [-0.15, -0.1) is 0 Å². The largest absolute Gasteiger partial charge is 0.346 e. The van der Waals surface area contributed by atoms with Gasteiger partial charge in [-0.3, -0.25) is 14.4 Å². The number of hydrogen-bond donors (Lipinski definition) is 2. The number of ketones is 1. The molecular formula is C29H39FN4O3. The van der Waals surface area contributed by atoms with E-state index < -0.39 is 11.9 Å². The number of imidazole rings is 1. The molecule has 2 aromatic rings. The molecule has 1 aromatic carbocycles. The number of halogens is 1. The molecule has 1 aliphatic heterocycles. The van der Waals surface area contributed by atoms with E-state index in [0.717, 1.165) is 38.5 Å². The molecule has 2 aliphatic carbocycles. The maximum Gasteiger partial charge on any atom is 0.225 e. The second kappa shape index (κ2) is 10.5. The van der Waals surface area contributed by atoms with Crippen molar-refractivity contribution in [3.63, 3.8) is 0 Å². The third-order valence-electron chi connectivity index (χ3n) is 9.10. The number of fused-ring (bicyclic) bond motifs is 1. The maximum atomic E-state index is 14.1. The maximum absolute atomic E-state index is 14.1. The van der Waals surface area contributed by atoms with Gasteiger partial charge in [-0.25, -0.2) is 9.37 Å². The van der Waals surface area contributed by atoms with Gasteiger partial charge in [0.1, 0.15) is 11.3 Å². The molecule has 1 aromatic heterocycles. The molecule has 0 unspecified atom stereocenters. The third kappa shape index (κ3) is 5.30. The van der Waals surface area contributed by atoms with Crippen LogP contribution in [-0.4, -0.2) is 51.1 Å². The highest BCUT2D eigenvalue weighted by atomic mass is 19.1. The number of piperidine rings is 1. The molecule has 0 radical (unpaired) electrons. The number of nitrogens with zero attached hydrogens (tertiary/aromatic N) is 2. The molecule has 1 spiro atoms. The quantitative estimate of drug-likeness (QED) is 0.496. The van der Waals surface area contributed by atoms with Crippen molar-refractivity contribution < 1.29 is 18.8 Å². The lowest BCUT2D eigenvalue weighted by atomic mass is 9.51. The molecule has 3 aliphatic rings. The van der Waals surface area contributed by atoms with Crippen molar-refractivity contribution >= 4 is 28.6 Å². The summed E-state index contributed by atoms with van der Waals surface area (Å²) in [5.41, 5.74) is 1.19. The van der Waals surface area contributed by atoms with Crippen LogP contribution in [0.2, 0.25) is 0 Å². The Kier molecular flexibility index (Phi) is 7.37. The number of benzene rings is 1. The summed E-state index contributed by atoms with van der Waals surface area (Å²) in [7, 11) is 0. The summed E-state index contributed by atoms with van der Waals surface area (Å²) < 4.78 is 14.1. The van der Waals surface area contributed by atoms with Crippen molar-refractivity contribution in [2.24, 2.45) is 11.3 Å². The van der Waals surface area contributed by atoms with Gasteiger partial charge in [0.05, 0.1) is 18.0 Å². The van der Waals surface area contributed by atoms with Crippen LogP contribution in [0.15, 0.2) is 18.2 Å². The first-order chi connectivity index (χ1) is 17.8. The molecule has 2 amide bonds. The van der Waals surface area contributed by atoms with Gasteiger partial charge in [-0.2, -0.15) is 0 Å². The molecule has 37 heavy (non-hydrogen) atoms. The van der Waals surface area contributed by atoms with Crippen LogP contribution >= 0.6 is 0 Å². The summed E-state index contributed by atoms with van der Waals surface area (Å²) in [4.78, 5) is 49.4. The lowest BCUT2D eigenvalue weighted by molar-refractivity contribution is -0.142. The van der Waals surface area contributed by atoms with Crippen LogP contribution in [-0.2, 0) is 14.4 Å². The minimum Gasteiger partial charge on any atom is -0.346 e. The fourth-order valence-corrected chi connectivity index (χ4v) is 6.63. The van der Waals surface area contributed by atoms with Gasteiger partial charge in [0.15, 0.2) is 11.6 Å². The fraction of sp³-hybridized carbons (Fsp3) is 0.655. The predicted molar refractivity (Wildman–Crippen MR) is 139 cm³/mol. The van der Waals surface area contributed by atoms with Crippen LogP contribution in [0.1, 0.15) is 96.2 Å². The Hall–Kier alpha value is -2.77. The number of Topliss-reactive ketones (excluding diaryl/α,β-unsaturated/α-hetero) is 1. The summed E-state index contributed by atoms with van der Waals surface area (Å²) in [6.07, 6.45) is 9.45. The average molecular weight is 511 g/mol. The molecular weight excluding hydrogens is 471 g/mol. The second-order valence-electron chi connectivity index (χ2n) is 11.7. The number of para-hydroxylation sites is 1. The zero-order valence-electron chi connectivity index (χ0n) is 22.0. The lowest BCUT2D eigenvalue weighted by Gasteiger charge is -2.53. The number of carbonyl (C=O) groups is 3. The second-order valence-corrected chi connectivity index (χ2v) is 11.7. The van der Waals surface area contributed by atoms with Crippen LogP contribution in [0.4, 0.5) is 4.39 Å². The van der Waals surface area contributed by atoms with Crippen LogP contribution in [0.5, 0.6) is 0 Å². The smallest absolute Gasteiger partial charge is 0.225 e. The summed E-state index contributed by atoms with van der Waals surface area (Å²) >= 11 is 0. The molecule has 200 valence electrons. The molecule has 7 nitrogen and oxygen atoms in total. The van der Waals surface area contributed by atoms with Gasteiger partial charge in [-0.05, 0) is 68.9 Å². The molecule has 3 fully saturated rings. The first-order valence-electron chi connectivity index (χ1n) is 14.1. The molecule has 1 saturated heterocycles. The summed E-state index contributed by atoms with van der Waals surface area (Å²) in [5, 5.41) is 2.97. The van der Waals surface area contributed by atoms with Gasteiger partial charge < -0.3 is 15.2 Å². The summed E-state index contributed by atoms with van der Waals surface area (Å²) in [6, 6.07) is 4.06. The SMILES string of the molecule is CC[C@H]1CCCCN1C(=O)C[C@H](NC(=O)C1CC2(CCC2)C1)C(=O)C[C@@H](C)c1nc2c(F)cccc2[nH]1. The Balaban J connectivity index is 1.28. The predicted octanol–water partition coefficient (Wildman–Crippen LogP) is 5.01. The van der Waals surface area contributed by atoms with E-state index in [4.69, 9.17) is 0 Å². The van der Waals surface area contributed by atoms with E-state index in [2.05, 4.69) is 22.2 Å². The number of hydrogen-bond acceptors (Lipinski definition) is 4. The van der Waals surface area contributed by atoms with Crippen molar-refractivity contribution in [2.45, 2.75) is 102 Å². The average Bonchev–Trinajstić information content (AvgIpc) is 3.28. The van der Waals surface area contributed by atoms with E-state index in [9.17, 15) is 18.8 Å². The van der Waals surface area contributed by atoms with Crippen molar-refractivity contribution in [2.75, 3.05) is 6.54 Å². The number of aromatic nitrogens is 2. The van der Waals surface area contributed by atoms with Crippen LogP contribution in [0.3, 0.4) is 0 Å². The van der Waals surface area contributed by atoms with Gasteiger partial charge in [0.2, 0.25) is 11.8 Å². The number of rotatable bonds is 9. The number of nitrogens with one attached hydrogen (secondary N) is 2. The van der Waals surface area contributed by atoms with Crippen LogP contribution < -0.4 is 5.32 Å². The topological polar surface area (TPSA) is 95.2 Å². The molecule has 2 heterocycles. The van der Waals surface area contributed by atoms with Crippen molar-refractivity contribution in [3.8, 4) is 0 Å². The Labute approximate surface area is 218 Å². The molecule has 8 heteroatoms. The number of carbonyl (C=O) groups excluding carboxylic acids is 3. The van der Waals surface area contributed by atoms with Gasteiger partial charge in [0.25, 0.3) is 0 Å². The highest BCUT2D eigenvalue weighted by Crippen LogP contribution is 2.58. The van der Waals surface area contributed by atoms with Gasteiger partial charge >= 0.3 is 0 Å². The minimum atomic E-state index is -0.860. The lowest BCUT2D eigenvalue weighted by Crippen LogP contribution is -2.53. The first kappa shape index (κ1) is 25.9. The molecule has 3 atom stereocenters. The normalized spacial score (nSPS) is 22.8. The summed E-state index contributed by atoms with van der Waals surface area (Å²) in [6.45, 7) is 4.65. The van der Waals surface area contributed by atoms with Crippen molar-refractivity contribution in [1.82, 2.24) is 20.2 Å². The highest BCUT2D eigenvalue weighted by molar-refractivity contribution is 5.94. The molecule has 2 saturated carbocycles. The van der Waals surface area contributed by atoms with E-state index >= 15 is 0 Å². The third-order valence-corrected chi connectivity index (χ3v) is 9.10. The Morgan fingerprint density at radius 3 is 2.65 bits per heavy atom. The van der Waals surface area contributed by atoms with E-state index in [1.165, 1.54) is 25.3 Å². The Bertz CT molecular complexity index is 1170. The van der Waals surface area contributed by atoms with Gasteiger partial charge in [-0.1, -0.05) is 26.3 Å². The minimum absolute atomic E-state index is 0.0135.